The number of halogens is 2. The van der Waals surface area contributed by atoms with Gasteiger partial charge in [-0.2, -0.15) is 0 Å². The summed E-state index contributed by atoms with van der Waals surface area (Å²) in [5.41, 5.74) is 0. The zero-order chi connectivity index (χ0) is 8.41. The van der Waals surface area contributed by atoms with Crippen LogP contribution in [0.15, 0.2) is 0 Å². The van der Waals surface area contributed by atoms with Crippen LogP contribution in [0.3, 0.4) is 0 Å². The molecule has 0 fully saturated rings. The second-order valence-corrected chi connectivity index (χ2v) is 2.09. The topological polar surface area (TPSA) is 23.5 Å². The molecule has 0 aromatic carbocycles. The molecule has 0 atom stereocenters. The van der Waals surface area contributed by atoms with Crippen LogP contribution in [0.5, 0.6) is 0 Å². The molecule has 0 aliphatic carbocycles. The molecular weight excluding hydrogens is 173 g/mol. The molecular formula is C6H15Cl2NO. The molecule has 0 aliphatic heterocycles. The Labute approximate surface area is 72.9 Å². The first-order valence-corrected chi connectivity index (χ1v) is 4.17. The summed E-state index contributed by atoms with van der Waals surface area (Å²) in [6.45, 7) is 7.55. The van der Waals surface area contributed by atoms with Crippen LogP contribution in [0.2, 0.25) is 0 Å². The van der Waals surface area contributed by atoms with Gasteiger partial charge in [-0.15, -0.1) is 11.6 Å². The second kappa shape index (κ2) is 12.2. The number of hydrogen-bond acceptors (Lipinski definition) is 2. The highest BCUT2D eigenvalue weighted by molar-refractivity contribution is 6.18. The van der Waals surface area contributed by atoms with Crippen molar-refractivity contribution in [1.29, 1.82) is 0 Å². The monoisotopic (exact) mass is 187 g/mol. The maximum absolute atomic E-state index is 6.47. The molecule has 0 heterocycles. The van der Waals surface area contributed by atoms with Gasteiger partial charge in [0.05, 0.1) is 11.9 Å². The van der Waals surface area contributed by atoms with Gasteiger partial charge in [0, 0.05) is 12.4 Å². The van der Waals surface area contributed by atoms with E-state index in [-0.39, 0.29) is 0 Å². The minimum Gasteiger partial charge on any atom is -0.303 e. The quantitative estimate of drug-likeness (QED) is 0.678. The molecule has 2 nitrogen and oxygen atoms in total. The van der Waals surface area contributed by atoms with Gasteiger partial charge in [0.2, 0.25) is 0 Å². The molecule has 0 saturated heterocycles. The zero-order valence-corrected chi connectivity index (χ0v) is 7.99. The Morgan fingerprint density at radius 1 is 1.20 bits per heavy atom. The number of rotatable bonds is 4. The van der Waals surface area contributed by atoms with Crippen LogP contribution in [-0.4, -0.2) is 35.1 Å². The van der Waals surface area contributed by atoms with Gasteiger partial charge in [0.15, 0.2) is 0 Å². The molecule has 0 aliphatic rings. The van der Waals surface area contributed by atoms with Crippen molar-refractivity contribution in [2.24, 2.45) is 0 Å². The average molecular weight is 188 g/mol. The third-order valence-electron chi connectivity index (χ3n) is 1.30. The van der Waals surface area contributed by atoms with E-state index < -0.39 is 0 Å². The first-order chi connectivity index (χ1) is 4.85. The highest BCUT2D eigenvalue weighted by atomic mass is 35.5. The standard InChI is InChI=1S/C6H14ClN.ClHO/c1-3-8(4-2)6-5-7;1-2/h3-6H2,1-2H3;2H. The maximum Gasteiger partial charge on any atom is 0.0579 e. The van der Waals surface area contributed by atoms with Crippen LogP contribution < -0.4 is 0 Å². The summed E-state index contributed by atoms with van der Waals surface area (Å²) in [4.78, 5) is 2.30. The lowest BCUT2D eigenvalue weighted by atomic mass is 10.5. The first-order valence-electron chi connectivity index (χ1n) is 3.30. The molecule has 0 bridgehead atoms. The van der Waals surface area contributed by atoms with Gasteiger partial charge in [0.25, 0.3) is 0 Å². The van der Waals surface area contributed by atoms with E-state index in [0.29, 0.717) is 0 Å². The molecule has 0 amide bonds. The van der Waals surface area contributed by atoms with E-state index in [9.17, 15) is 0 Å². The third-order valence-corrected chi connectivity index (χ3v) is 1.46. The van der Waals surface area contributed by atoms with Crippen LogP contribution in [0.25, 0.3) is 0 Å². The fourth-order valence-electron chi connectivity index (χ4n) is 0.659. The molecule has 0 radical (unpaired) electrons. The van der Waals surface area contributed by atoms with E-state index in [2.05, 4.69) is 30.6 Å². The predicted octanol–water partition coefficient (Wildman–Crippen LogP) is 1.70. The predicted molar refractivity (Wildman–Crippen MR) is 46.6 cm³/mol. The SMILES string of the molecule is CCN(CC)CCCl.OCl. The van der Waals surface area contributed by atoms with E-state index >= 15 is 0 Å². The molecule has 0 saturated carbocycles. The largest absolute Gasteiger partial charge is 0.303 e. The Morgan fingerprint density at radius 3 is 1.70 bits per heavy atom. The van der Waals surface area contributed by atoms with Crippen molar-refractivity contribution in [3.63, 3.8) is 0 Å². The molecule has 0 unspecified atom stereocenters. The Kier molecular flexibility index (Phi) is 16.0. The van der Waals surface area contributed by atoms with E-state index in [1.807, 2.05) is 0 Å². The van der Waals surface area contributed by atoms with Crippen molar-refractivity contribution < 1.29 is 4.66 Å². The average Bonchev–Trinajstić information content (AvgIpc) is 2.04. The fourth-order valence-corrected chi connectivity index (χ4v) is 0.898. The molecule has 1 N–H and O–H groups in total. The van der Waals surface area contributed by atoms with E-state index in [1.165, 1.54) is 0 Å². The normalized spacial score (nSPS) is 9.00. The smallest absolute Gasteiger partial charge is 0.0579 e. The van der Waals surface area contributed by atoms with Gasteiger partial charge in [-0.05, 0) is 13.1 Å². The van der Waals surface area contributed by atoms with Crippen LogP contribution in [0, 0.1) is 0 Å². The molecule has 0 rings (SSSR count). The highest BCUT2D eigenvalue weighted by Gasteiger charge is 1.93. The van der Waals surface area contributed by atoms with E-state index in [0.717, 1.165) is 25.5 Å². The van der Waals surface area contributed by atoms with Crippen molar-refractivity contribution >= 4 is 23.5 Å². The van der Waals surface area contributed by atoms with Gasteiger partial charge in [-0.25, -0.2) is 0 Å². The van der Waals surface area contributed by atoms with Gasteiger partial charge in [0.1, 0.15) is 0 Å². The second-order valence-electron chi connectivity index (χ2n) is 1.72. The van der Waals surface area contributed by atoms with Crippen molar-refractivity contribution in [2.75, 3.05) is 25.5 Å². The lowest BCUT2D eigenvalue weighted by molar-refractivity contribution is 0.323. The minimum atomic E-state index is 0.752. The van der Waals surface area contributed by atoms with Gasteiger partial charge in [-0.3, -0.25) is 4.66 Å². The number of nitrogens with zero attached hydrogens (tertiary/aromatic N) is 1. The Balaban J connectivity index is 0. The molecule has 0 spiro atoms. The summed E-state index contributed by atoms with van der Waals surface area (Å²) in [5, 5.41) is 0. The molecule has 0 aromatic rings. The molecule has 0 aromatic heterocycles. The van der Waals surface area contributed by atoms with Crippen molar-refractivity contribution in [3.8, 4) is 0 Å². The third kappa shape index (κ3) is 8.50. The lowest BCUT2D eigenvalue weighted by Crippen LogP contribution is -2.24. The Morgan fingerprint density at radius 2 is 1.60 bits per heavy atom. The summed E-state index contributed by atoms with van der Waals surface area (Å²) in [6, 6.07) is 0. The molecule has 10 heavy (non-hydrogen) atoms. The Bertz CT molecular complexity index is 51.0. The van der Waals surface area contributed by atoms with Crippen molar-refractivity contribution in [2.45, 2.75) is 13.8 Å². The summed E-state index contributed by atoms with van der Waals surface area (Å²) in [7, 11) is 0. The van der Waals surface area contributed by atoms with Crippen LogP contribution in [0.4, 0.5) is 0 Å². The van der Waals surface area contributed by atoms with Crippen molar-refractivity contribution in [3.05, 3.63) is 0 Å². The van der Waals surface area contributed by atoms with Crippen LogP contribution in [-0.2, 0) is 0 Å². The lowest BCUT2D eigenvalue weighted by Gasteiger charge is -2.14. The van der Waals surface area contributed by atoms with Gasteiger partial charge >= 0.3 is 0 Å². The van der Waals surface area contributed by atoms with Crippen molar-refractivity contribution in [1.82, 2.24) is 4.90 Å². The van der Waals surface area contributed by atoms with Gasteiger partial charge < -0.3 is 4.90 Å². The summed E-state index contributed by atoms with van der Waals surface area (Å²) in [5.74, 6) is 0.752. The first kappa shape index (κ1) is 13.1. The fraction of sp³-hybridized carbons (Fsp3) is 1.00. The number of hydrogen-bond donors (Lipinski definition) is 1. The van der Waals surface area contributed by atoms with Gasteiger partial charge in [-0.1, -0.05) is 13.8 Å². The summed E-state index contributed by atoms with van der Waals surface area (Å²) in [6.07, 6.45) is 0. The van der Waals surface area contributed by atoms with E-state index in [1.54, 1.807) is 0 Å². The summed E-state index contributed by atoms with van der Waals surface area (Å²) >= 11 is 9.15. The van der Waals surface area contributed by atoms with Crippen LogP contribution >= 0.6 is 23.5 Å². The minimum absolute atomic E-state index is 0.752. The maximum atomic E-state index is 6.47. The zero-order valence-electron chi connectivity index (χ0n) is 6.48. The summed E-state index contributed by atoms with van der Waals surface area (Å²) < 4.78 is 6.47. The Hall–Kier alpha value is 0.500. The molecule has 64 valence electrons. The van der Waals surface area contributed by atoms with E-state index in [4.69, 9.17) is 16.3 Å². The highest BCUT2D eigenvalue weighted by Crippen LogP contribution is 1.86. The van der Waals surface area contributed by atoms with Crippen LogP contribution in [0.1, 0.15) is 13.8 Å². The molecule has 4 heteroatoms. The number of alkyl halides is 1.